The molecule has 7 rings (SSSR count). The first-order chi connectivity index (χ1) is 21.5. The van der Waals surface area contributed by atoms with Crippen molar-refractivity contribution in [2.45, 2.75) is 49.2 Å². The molecule has 3 unspecified atom stereocenters. The number of imidazole rings is 2. The number of rotatable bonds is 3. The van der Waals surface area contributed by atoms with Crippen molar-refractivity contribution < 1.29 is 51.6 Å². The summed E-state index contributed by atoms with van der Waals surface area (Å²) in [5, 5.41) is 11.3. The van der Waals surface area contributed by atoms with Gasteiger partial charge in [0.2, 0.25) is 0 Å². The van der Waals surface area contributed by atoms with E-state index in [-0.39, 0.29) is 34.7 Å². The lowest BCUT2D eigenvalue weighted by atomic mass is 10.1. The van der Waals surface area contributed by atoms with Crippen molar-refractivity contribution in [1.82, 2.24) is 39.0 Å². The molecule has 7 N–H and O–H groups in total. The summed E-state index contributed by atoms with van der Waals surface area (Å²) in [6.45, 7) is -1.17. The number of methoxy groups -OCH3 is 1. The van der Waals surface area contributed by atoms with Crippen molar-refractivity contribution in [2.75, 3.05) is 31.8 Å². The molecular formula is C22H28N10O11P2. The van der Waals surface area contributed by atoms with Crippen LogP contribution in [0.25, 0.3) is 22.3 Å². The second-order valence-electron chi connectivity index (χ2n) is 10.7. The number of anilines is 2. The molecule has 21 nitrogen and oxygen atoms in total. The van der Waals surface area contributed by atoms with Gasteiger partial charge in [0.15, 0.2) is 29.2 Å². The SMILES string of the molecule is CO[C@H]1[C@H]2OP(=O)(O)OC[C@H]3C[C@@H](n4cnc5c(N)ncnc54)[C@@H](O)C3OP(=O)(O)OC[C@H]2O[C@H]1n1cnc2c(N)ncnc21. The van der Waals surface area contributed by atoms with Gasteiger partial charge in [-0.2, -0.15) is 0 Å². The molecule has 3 aliphatic rings. The van der Waals surface area contributed by atoms with Crippen LogP contribution in [0.2, 0.25) is 0 Å². The molecule has 0 radical (unpaired) electrons. The largest absolute Gasteiger partial charge is 0.472 e. The highest BCUT2D eigenvalue weighted by atomic mass is 31.2. The summed E-state index contributed by atoms with van der Waals surface area (Å²) in [5.41, 5.74) is 12.9. The van der Waals surface area contributed by atoms with Crippen molar-refractivity contribution in [3.05, 3.63) is 25.3 Å². The molecule has 1 saturated carbocycles. The summed E-state index contributed by atoms with van der Waals surface area (Å²) >= 11 is 0. The molecule has 0 amide bonds. The zero-order valence-electron chi connectivity index (χ0n) is 23.3. The summed E-state index contributed by atoms with van der Waals surface area (Å²) in [6.07, 6.45) is -2.34. The van der Waals surface area contributed by atoms with Crippen molar-refractivity contribution in [2.24, 2.45) is 5.92 Å². The highest BCUT2D eigenvalue weighted by molar-refractivity contribution is 7.47. The predicted molar refractivity (Wildman–Crippen MR) is 149 cm³/mol. The van der Waals surface area contributed by atoms with Gasteiger partial charge in [0.05, 0.1) is 31.9 Å². The van der Waals surface area contributed by atoms with Crippen LogP contribution in [-0.2, 0) is 36.7 Å². The third kappa shape index (κ3) is 5.38. The maximum absolute atomic E-state index is 13.3. The second kappa shape index (κ2) is 11.2. The Morgan fingerprint density at radius 3 is 2.09 bits per heavy atom. The number of aromatic nitrogens is 8. The Morgan fingerprint density at radius 2 is 1.44 bits per heavy atom. The lowest BCUT2D eigenvalue weighted by molar-refractivity contribution is -0.0632. The molecule has 0 bridgehead atoms. The van der Waals surface area contributed by atoms with Gasteiger partial charge in [-0.05, 0) is 6.42 Å². The molecule has 4 aromatic rings. The lowest BCUT2D eigenvalue weighted by Crippen LogP contribution is -2.38. The first-order valence-electron chi connectivity index (χ1n) is 13.5. The fraction of sp³-hybridized carbons (Fsp3) is 0.545. The average molecular weight is 670 g/mol. The normalized spacial score (nSPS) is 37.7. The molecule has 1 aliphatic carbocycles. The van der Waals surface area contributed by atoms with Crippen molar-refractivity contribution in [3.63, 3.8) is 0 Å². The zero-order chi connectivity index (χ0) is 31.7. The maximum Gasteiger partial charge on any atom is 0.472 e. The van der Waals surface area contributed by atoms with Gasteiger partial charge in [0.25, 0.3) is 0 Å². The van der Waals surface area contributed by atoms with Crippen LogP contribution in [0, 0.1) is 5.92 Å². The van der Waals surface area contributed by atoms with Gasteiger partial charge in [-0.15, -0.1) is 0 Å². The van der Waals surface area contributed by atoms with E-state index in [1.807, 2.05) is 0 Å². The van der Waals surface area contributed by atoms with Gasteiger partial charge in [-0.3, -0.25) is 22.7 Å². The van der Waals surface area contributed by atoms with E-state index in [1.165, 1.54) is 41.6 Å². The number of nitrogens with two attached hydrogens (primary N) is 2. The highest BCUT2D eigenvalue weighted by Gasteiger charge is 2.54. The van der Waals surface area contributed by atoms with Crippen LogP contribution in [-0.4, -0.2) is 105 Å². The molecule has 0 spiro atoms. The fourth-order valence-electron chi connectivity index (χ4n) is 6.01. The number of phosphoric ester groups is 2. The van der Waals surface area contributed by atoms with Crippen LogP contribution in [0.4, 0.5) is 11.6 Å². The quantitative estimate of drug-likeness (QED) is 0.175. The minimum absolute atomic E-state index is 0.0534. The molecule has 242 valence electrons. The zero-order valence-corrected chi connectivity index (χ0v) is 25.1. The Labute approximate surface area is 252 Å². The summed E-state index contributed by atoms with van der Waals surface area (Å²) in [4.78, 5) is 46.1. The van der Waals surface area contributed by atoms with E-state index in [9.17, 15) is 24.0 Å². The highest BCUT2D eigenvalue weighted by Crippen LogP contribution is 2.55. The van der Waals surface area contributed by atoms with E-state index < -0.39 is 77.6 Å². The standard InChI is InChI=1S/C22H28N10O11P2/c1-38-17-16-11(41-22(17)32-8-30-13-19(24)26-6-28-21(13)32)4-40-45(36,37)42-15-9(3-39-44(34,35)43-16)2-10(14(15)33)31-7-29-12-18(23)25-5-27-20(12)31/h5-11,14-17,22,33H,2-4H2,1H3,(H,34,35)(H,36,37)(H2,23,25,27)(H2,24,26,28)/t9-,10-,11-,14-,15?,16+,17+,22-/m1/s1. The van der Waals surface area contributed by atoms with Crippen molar-refractivity contribution in [3.8, 4) is 0 Å². The monoisotopic (exact) mass is 670 g/mol. The lowest BCUT2D eigenvalue weighted by Gasteiger charge is -2.29. The maximum atomic E-state index is 13.3. The molecular weight excluding hydrogens is 642 g/mol. The van der Waals surface area contributed by atoms with Crippen LogP contribution in [0.5, 0.6) is 0 Å². The Bertz CT molecular complexity index is 1840. The number of nitrogens with zero attached hydrogens (tertiary/aromatic N) is 8. The summed E-state index contributed by atoms with van der Waals surface area (Å²) in [5.74, 6) is -0.665. The van der Waals surface area contributed by atoms with Crippen LogP contribution in [0.3, 0.4) is 0 Å². The van der Waals surface area contributed by atoms with Crippen LogP contribution in [0.15, 0.2) is 25.3 Å². The number of hydrogen-bond donors (Lipinski definition) is 5. The number of aliphatic hydroxyl groups excluding tert-OH is 1. The Kier molecular flexibility index (Phi) is 7.61. The number of phosphoric acid groups is 2. The van der Waals surface area contributed by atoms with Gasteiger partial charge >= 0.3 is 15.6 Å². The Morgan fingerprint density at radius 1 is 0.867 bits per heavy atom. The Hall–Kier alpha value is -3.20. The molecule has 3 fully saturated rings. The smallest absolute Gasteiger partial charge is 0.388 e. The number of fused-ring (bicyclic) bond motifs is 4. The molecule has 2 aliphatic heterocycles. The van der Waals surface area contributed by atoms with Crippen molar-refractivity contribution >= 4 is 49.6 Å². The minimum atomic E-state index is -4.89. The van der Waals surface area contributed by atoms with Gasteiger partial charge in [0, 0.05) is 13.0 Å². The van der Waals surface area contributed by atoms with E-state index in [4.69, 9.17) is 39.0 Å². The van der Waals surface area contributed by atoms with E-state index in [2.05, 4.69) is 29.9 Å². The minimum Gasteiger partial charge on any atom is -0.388 e. The van der Waals surface area contributed by atoms with Gasteiger partial charge in [-0.25, -0.2) is 39.0 Å². The number of hydrogen-bond acceptors (Lipinski definition) is 17. The summed E-state index contributed by atoms with van der Waals surface area (Å²) in [6, 6.07) is -0.809. The molecule has 6 heterocycles. The first-order valence-corrected chi connectivity index (χ1v) is 16.5. The van der Waals surface area contributed by atoms with E-state index in [0.29, 0.717) is 5.65 Å². The molecule has 0 aromatic carbocycles. The van der Waals surface area contributed by atoms with Gasteiger partial charge in [0.1, 0.15) is 54.2 Å². The van der Waals surface area contributed by atoms with E-state index in [1.54, 1.807) is 0 Å². The summed E-state index contributed by atoms with van der Waals surface area (Å²) < 4.78 is 62.9. The van der Waals surface area contributed by atoms with Crippen LogP contribution >= 0.6 is 15.6 Å². The molecule has 23 heteroatoms. The van der Waals surface area contributed by atoms with Gasteiger partial charge < -0.3 is 40.4 Å². The molecule has 4 aromatic heterocycles. The number of nitrogen functional groups attached to an aromatic ring is 2. The fourth-order valence-corrected chi connectivity index (χ4v) is 8.01. The number of aliphatic hydroxyl groups is 1. The third-order valence-electron chi connectivity index (χ3n) is 8.07. The number of ether oxygens (including phenoxy) is 2. The topological polar surface area (TPSA) is 289 Å². The van der Waals surface area contributed by atoms with Gasteiger partial charge in [-0.1, -0.05) is 0 Å². The molecule has 10 atom stereocenters. The average Bonchev–Trinajstić information content (AvgIpc) is 3.75. The molecule has 45 heavy (non-hydrogen) atoms. The third-order valence-corrected chi connectivity index (χ3v) is 10.0. The molecule has 2 saturated heterocycles. The predicted octanol–water partition coefficient (Wildman–Crippen LogP) is -0.317. The Balaban J connectivity index is 1.18. The second-order valence-corrected chi connectivity index (χ2v) is 13.5. The van der Waals surface area contributed by atoms with Crippen molar-refractivity contribution in [1.29, 1.82) is 0 Å². The van der Waals surface area contributed by atoms with Crippen LogP contribution < -0.4 is 11.5 Å². The summed E-state index contributed by atoms with van der Waals surface area (Å²) in [7, 11) is -8.43. The van der Waals surface area contributed by atoms with E-state index >= 15 is 0 Å². The first kappa shape index (κ1) is 30.5. The van der Waals surface area contributed by atoms with E-state index in [0.717, 1.165) is 0 Å². The van der Waals surface area contributed by atoms with Crippen LogP contribution in [0.1, 0.15) is 18.7 Å².